The summed E-state index contributed by atoms with van der Waals surface area (Å²) in [7, 11) is 1.23. The van der Waals surface area contributed by atoms with E-state index in [0.717, 1.165) is 0 Å². The molecule has 0 unspecified atom stereocenters. The summed E-state index contributed by atoms with van der Waals surface area (Å²) in [5, 5.41) is 0. The Balaban J connectivity index is 2.65. The molecule has 18 heavy (non-hydrogen) atoms. The van der Waals surface area contributed by atoms with Crippen molar-refractivity contribution in [3.8, 4) is 5.75 Å². The second kappa shape index (κ2) is 6.68. The Hall–Kier alpha value is -1.98. The molecule has 0 fully saturated rings. The number of rotatable bonds is 6. The van der Waals surface area contributed by atoms with Crippen LogP contribution in [0.15, 0.2) is 24.3 Å². The number of hydrogen-bond acceptors (Lipinski definition) is 4. The number of carbonyl (C=O) groups excluding carboxylic acids is 2. The molecule has 0 N–H and O–H groups in total. The van der Waals surface area contributed by atoms with Gasteiger partial charge in [0.15, 0.2) is 5.78 Å². The van der Waals surface area contributed by atoms with Gasteiger partial charge in [-0.15, -0.1) is 0 Å². The van der Waals surface area contributed by atoms with Crippen LogP contribution >= 0.6 is 0 Å². The number of alkyl halides is 2. The monoisotopic (exact) mass is 258 g/mol. The van der Waals surface area contributed by atoms with Crippen LogP contribution < -0.4 is 4.74 Å². The lowest BCUT2D eigenvalue weighted by atomic mass is 10.1. The lowest BCUT2D eigenvalue weighted by molar-refractivity contribution is -0.140. The van der Waals surface area contributed by atoms with Gasteiger partial charge in [0.25, 0.3) is 0 Å². The Morgan fingerprint density at radius 3 is 2.61 bits per heavy atom. The first-order valence-electron chi connectivity index (χ1n) is 5.18. The highest BCUT2D eigenvalue weighted by molar-refractivity contribution is 5.97. The Morgan fingerprint density at radius 1 is 1.28 bits per heavy atom. The number of carbonyl (C=O) groups is 2. The molecular formula is C12H12F2O4. The molecule has 0 aliphatic carbocycles. The first-order valence-corrected chi connectivity index (χ1v) is 5.18. The van der Waals surface area contributed by atoms with Gasteiger partial charge in [0.2, 0.25) is 0 Å². The van der Waals surface area contributed by atoms with E-state index in [1.54, 1.807) is 0 Å². The maximum absolute atomic E-state index is 12.0. The largest absolute Gasteiger partial charge is 0.469 e. The summed E-state index contributed by atoms with van der Waals surface area (Å²) in [6, 6.07) is 5.44. The van der Waals surface area contributed by atoms with E-state index >= 15 is 0 Å². The Labute approximate surface area is 103 Å². The SMILES string of the molecule is COC(=O)CCC(=O)c1cccc(OC(F)F)c1. The minimum atomic E-state index is -2.94. The molecule has 4 nitrogen and oxygen atoms in total. The molecule has 0 aliphatic heterocycles. The van der Waals surface area contributed by atoms with Gasteiger partial charge in [0, 0.05) is 12.0 Å². The molecule has 0 aliphatic rings. The van der Waals surface area contributed by atoms with Gasteiger partial charge in [-0.3, -0.25) is 9.59 Å². The van der Waals surface area contributed by atoms with Crippen LogP contribution in [0.1, 0.15) is 23.2 Å². The lowest BCUT2D eigenvalue weighted by Crippen LogP contribution is -2.07. The van der Waals surface area contributed by atoms with E-state index in [4.69, 9.17) is 0 Å². The van der Waals surface area contributed by atoms with Crippen molar-refractivity contribution in [2.24, 2.45) is 0 Å². The van der Waals surface area contributed by atoms with Crippen LogP contribution in [-0.2, 0) is 9.53 Å². The minimum Gasteiger partial charge on any atom is -0.469 e. The van der Waals surface area contributed by atoms with Crippen molar-refractivity contribution in [3.05, 3.63) is 29.8 Å². The molecule has 0 aromatic heterocycles. The first-order chi connectivity index (χ1) is 8.52. The van der Waals surface area contributed by atoms with Crippen molar-refractivity contribution in [1.29, 1.82) is 0 Å². The highest BCUT2D eigenvalue weighted by Gasteiger charge is 2.11. The zero-order valence-electron chi connectivity index (χ0n) is 9.69. The van der Waals surface area contributed by atoms with E-state index in [-0.39, 0.29) is 29.9 Å². The molecule has 0 radical (unpaired) electrons. The maximum Gasteiger partial charge on any atom is 0.387 e. The second-order valence-electron chi connectivity index (χ2n) is 3.41. The van der Waals surface area contributed by atoms with Crippen LogP contribution in [0.25, 0.3) is 0 Å². The molecule has 98 valence electrons. The van der Waals surface area contributed by atoms with Crippen LogP contribution in [-0.4, -0.2) is 25.5 Å². The molecule has 1 rings (SSSR count). The van der Waals surface area contributed by atoms with Crippen LogP contribution in [0.4, 0.5) is 8.78 Å². The van der Waals surface area contributed by atoms with Gasteiger partial charge in [-0.05, 0) is 12.1 Å². The van der Waals surface area contributed by atoms with Crippen LogP contribution in [0.3, 0.4) is 0 Å². The van der Waals surface area contributed by atoms with Crippen LogP contribution in [0.2, 0.25) is 0 Å². The van der Waals surface area contributed by atoms with Crippen LogP contribution in [0.5, 0.6) is 5.75 Å². The fraction of sp³-hybridized carbons (Fsp3) is 0.333. The normalized spacial score (nSPS) is 10.2. The number of hydrogen-bond donors (Lipinski definition) is 0. The summed E-state index contributed by atoms with van der Waals surface area (Å²) >= 11 is 0. The van der Waals surface area contributed by atoms with Gasteiger partial charge in [0.1, 0.15) is 5.75 Å². The van der Waals surface area contributed by atoms with Gasteiger partial charge in [-0.2, -0.15) is 8.78 Å². The number of methoxy groups -OCH3 is 1. The van der Waals surface area contributed by atoms with E-state index in [1.807, 2.05) is 0 Å². The number of ether oxygens (including phenoxy) is 2. The van der Waals surface area contributed by atoms with E-state index in [9.17, 15) is 18.4 Å². The van der Waals surface area contributed by atoms with Gasteiger partial charge in [-0.25, -0.2) is 0 Å². The molecule has 1 aromatic carbocycles. The van der Waals surface area contributed by atoms with Crippen molar-refractivity contribution in [2.75, 3.05) is 7.11 Å². The molecule has 0 atom stereocenters. The topological polar surface area (TPSA) is 52.6 Å². The van der Waals surface area contributed by atoms with Crippen molar-refractivity contribution in [2.45, 2.75) is 19.5 Å². The molecule has 0 spiro atoms. The van der Waals surface area contributed by atoms with Gasteiger partial charge >= 0.3 is 12.6 Å². The Morgan fingerprint density at radius 2 is 2.00 bits per heavy atom. The van der Waals surface area contributed by atoms with Gasteiger partial charge in [0.05, 0.1) is 13.5 Å². The van der Waals surface area contributed by atoms with E-state index in [0.29, 0.717) is 0 Å². The number of halogens is 2. The summed E-state index contributed by atoms with van der Waals surface area (Å²) in [4.78, 5) is 22.5. The molecular weight excluding hydrogens is 246 g/mol. The highest BCUT2D eigenvalue weighted by Crippen LogP contribution is 2.17. The minimum absolute atomic E-state index is 0.0369. The van der Waals surface area contributed by atoms with Crippen molar-refractivity contribution in [3.63, 3.8) is 0 Å². The van der Waals surface area contributed by atoms with Gasteiger partial charge < -0.3 is 9.47 Å². The average molecular weight is 258 g/mol. The Kier molecular flexibility index (Phi) is 5.23. The molecule has 6 heteroatoms. The molecule has 0 saturated heterocycles. The number of benzene rings is 1. The number of esters is 1. The smallest absolute Gasteiger partial charge is 0.387 e. The summed E-state index contributed by atoms with van der Waals surface area (Å²) in [5.41, 5.74) is 0.219. The number of Topliss-reactive ketones (excluding diaryl/α,β-unsaturated/α-hetero) is 1. The quantitative estimate of drug-likeness (QED) is 0.581. The molecule has 0 bridgehead atoms. The highest BCUT2D eigenvalue weighted by atomic mass is 19.3. The third-order valence-electron chi connectivity index (χ3n) is 2.17. The predicted octanol–water partition coefficient (Wildman–Crippen LogP) is 2.42. The van der Waals surface area contributed by atoms with Crippen molar-refractivity contribution >= 4 is 11.8 Å². The summed E-state index contributed by atoms with van der Waals surface area (Å²) in [6.07, 6.45) is -0.0833. The zero-order chi connectivity index (χ0) is 13.5. The van der Waals surface area contributed by atoms with Crippen LogP contribution in [0, 0.1) is 0 Å². The molecule has 0 saturated carbocycles. The lowest BCUT2D eigenvalue weighted by Gasteiger charge is -2.06. The molecule has 0 amide bonds. The van der Waals surface area contributed by atoms with Gasteiger partial charge in [-0.1, -0.05) is 12.1 Å². The fourth-order valence-corrected chi connectivity index (χ4v) is 1.31. The number of ketones is 1. The van der Waals surface area contributed by atoms with Crippen molar-refractivity contribution in [1.82, 2.24) is 0 Å². The fourth-order valence-electron chi connectivity index (χ4n) is 1.31. The third-order valence-corrected chi connectivity index (χ3v) is 2.17. The second-order valence-corrected chi connectivity index (χ2v) is 3.41. The van der Waals surface area contributed by atoms with E-state index in [2.05, 4.69) is 9.47 Å². The zero-order valence-corrected chi connectivity index (χ0v) is 9.69. The molecule has 0 heterocycles. The summed E-state index contributed by atoms with van der Waals surface area (Å²) in [5.74, 6) is -0.919. The summed E-state index contributed by atoms with van der Waals surface area (Å²) < 4.78 is 32.5. The van der Waals surface area contributed by atoms with E-state index < -0.39 is 12.6 Å². The predicted molar refractivity (Wildman–Crippen MR) is 58.7 cm³/mol. The van der Waals surface area contributed by atoms with E-state index in [1.165, 1.54) is 31.4 Å². The first kappa shape index (κ1) is 14.1. The Bertz CT molecular complexity index is 432. The maximum atomic E-state index is 12.0. The summed E-state index contributed by atoms with van der Waals surface area (Å²) in [6.45, 7) is -2.94. The standard InChI is InChI=1S/C12H12F2O4/c1-17-11(16)6-5-10(15)8-3-2-4-9(7-8)18-12(13)14/h2-4,7,12H,5-6H2,1H3. The third kappa shape index (κ3) is 4.48. The molecule has 1 aromatic rings. The average Bonchev–Trinajstić information content (AvgIpc) is 2.35. The van der Waals surface area contributed by atoms with Crippen molar-refractivity contribution < 1.29 is 27.8 Å².